The summed E-state index contributed by atoms with van der Waals surface area (Å²) in [7, 11) is 0. The van der Waals surface area contributed by atoms with E-state index in [-0.39, 0.29) is 18.1 Å². The van der Waals surface area contributed by atoms with Gasteiger partial charge in [-0.3, -0.25) is 4.79 Å². The SMILES string of the molecule is Cc1cc(C(=O)Cn2nnc(-c3ccccc3)n2)c(C)n1Cc1ccc(F)cc1. The van der Waals surface area contributed by atoms with Crippen LogP contribution in [0.15, 0.2) is 60.7 Å². The van der Waals surface area contributed by atoms with E-state index in [9.17, 15) is 9.18 Å². The molecule has 7 heteroatoms. The molecule has 0 aliphatic heterocycles. The second-order valence-electron chi connectivity index (χ2n) is 6.93. The molecule has 29 heavy (non-hydrogen) atoms. The van der Waals surface area contributed by atoms with Crippen molar-refractivity contribution < 1.29 is 9.18 Å². The van der Waals surface area contributed by atoms with Crippen molar-refractivity contribution >= 4 is 5.78 Å². The van der Waals surface area contributed by atoms with Crippen LogP contribution in [0.25, 0.3) is 11.4 Å². The monoisotopic (exact) mass is 389 g/mol. The number of aromatic nitrogens is 5. The molecule has 4 aromatic rings. The molecule has 2 heterocycles. The van der Waals surface area contributed by atoms with Gasteiger partial charge in [-0.1, -0.05) is 42.5 Å². The number of benzene rings is 2. The van der Waals surface area contributed by atoms with Crippen molar-refractivity contribution in [2.45, 2.75) is 26.9 Å². The zero-order valence-electron chi connectivity index (χ0n) is 16.2. The number of carbonyl (C=O) groups excluding carboxylic acids is 1. The van der Waals surface area contributed by atoms with Gasteiger partial charge in [-0.25, -0.2) is 4.39 Å². The smallest absolute Gasteiger partial charge is 0.204 e. The zero-order valence-corrected chi connectivity index (χ0v) is 16.2. The summed E-state index contributed by atoms with van der Waals surface area (Å²) in [6.45, 7) is 4.45. The molecule has 4 rings (SSSR count). The van der Waals surface area contributed by atoms with Crippen molar-refractivity contribution in [3.05, 3.63) is 89.0 Å². The Balaban J connectivity index is 1.52. The number of aryl methyl sites for hydroxylation is 1. The van der Waals surface area contributed by atoms with Crippen molar-refractivity contribution in [3.63, 3.8) is 0 Å². The standard InChI is InChI=1S/C22H20FN5O/c1-15-12-20(16(2)27(15)13-17-8-10-19(23)11-9-17)21(29)14-28-25-22(24-26-28)18-6-4-3-5-7-18/h3-12H,13-14H2,1-2H3. The lowest BCUT2D eigenvalue weighted by Gasteiger charge is -2.10. The lowest BCUT2D eigenvalue weighted by Crippen LogP contribution is -2.14. The predicted molar refractivity (Wildman–Crippen MR) is 107 cm³/mol. The average Bonchev–Trinajstić information content (AvgIpc) is 3.30. The van der Waals surface area contributed by atoms with Gasteiger partial charge in [-0.15, -0.1) is 10.2 Å². The quantitative estimate of drug-likeness (QED) is 0.470. The second kappa shape index (κ2) is 7.79. The molecule has 0 N–H and O–H groups in total. The molecule has 0 unspecified atom stereocenters. The lowest BCUT2D eigenvalue weighted by atomic mass is 10.1. The lowest BCUT2D eigenvalue weighted by molar-refractivity contribution is 0.0960. The topological polar surface area (TPSA) is 65.6 Å². The predicted octanol–water partition coefficient (Wildman–Crippen LogP) is 3.83. The van der Waals surface area contributed by atoms with Gasteiger partial charge in [0.25, 0.3) is 0 Å². The maximum Gasteiger partial charge on any atom is 0.204 e. The summed E-state index contributed by atoms with van der Waals surface area (Å²) in [6.07, 6.45) is 0. The molecule has 2 aromatic carbocycles. The summed E-state index contributed by atoms with van der Waals surface area (Å²) in [6, 6.07) is 17.8. The van der Waals surface area contributed by atoms with Gasteiger partial charge in [-0.2, -0.15) is 4.80 Å². The summed E-state index contributed by atoms with van der Waals surface area (Å²) in [5.41, 5.74) is 4.27. The molecule has 0 aliphatic carbocycles. The molecule has 2 aromatic heterocycles. The zero-order chi connectivity index (χ0) is 20.4. The van der Waals surface area contributed by atoms with E-state index in [1.807, 2.05) is 54.8 Å². The Hall–Kier alpha value is -3.61. The Morgan fingerprint density at radius 3 is 2.48 bits per heavy atom. The summed E-state index contributed by atoms with van der Waals surface area (Å²) in [5.74, 6) is 0.140. The van der Waals surface area contributed by atoms with Gasteiger partial charge in [0.2, 0.25) is 5.82 Å². The van der Waals surface area contributed by atoms with Crippen LogP contribution >= 0.6 is 0 Å². The van der Waals surface area contributed by atoms with Crippen LogP contribution in [-0.2, 0) is 13.1 Å². The highest BCUT2D eigenvalue weighted by molar-refractivity contribution is 5.97. The summed E-state index contributed by atoms with van der Waals surface area (Å²) in [4.78, 5) is 14.2. The van der Waals surface area contributed by atoms with Crippen molar-refractivity contribution in [2.24, 2.45) is 0 Å². The first-order valence-corrected chi connectivity index (χ1v) is 9.29. The number of ketones is 1. The Morgan fingerprint density at radius 1 is 1.03 bits per heavy atom. The van der Waals surface area contributed by atoms with Crippen molar-refractivity contribution in [3.8, 4) is 11.4 Å². The van der Waals surface area contributed by atoms with E-state index in [4.69, 9.17) is 0 Å². The Labute approximate surface area is 167 Å². The van der Waals surface area contributed by atoms with E-state index < -0.39 is 0 Å². The molecule has 0 fully saturated rings. The minimum absolute atomic E-state index is 0.0146. The van der Waals surface area contributed by atoms with E-state index in [1.165, 1.54) is 16.9 Å². The average molecular weight is 389 g/mol. The van der Waals surface area contributed by atoms with Crippen LogP contribution < -0.4 is 0 Å². The van der Waals surface area contributed by atoms with Crippen LogP contribution in [0, 0.1) is 19.7 Å². The molecule has 0 saturated carbocycles. The molecule has 0 radical (unpaired) electrons. The third-order valence-corrected chi connectivity index (χ3v) is 4.90. The third kappa shape index (κ3) is 3.99. The van der Waals surface area contributed by atoms with Gasteiger partial charge < -0.3 is 4.57 Å². The number of carbonyl (C=O) groups is 1. The largest absolute Gasteiger partial charge is 0.344 e. The molecule has 0 atom stereocenters. The fourth-order valence-corrected chi connectivity index (χ4v) is 3.33. The maximum atomic E-state index is 13.1. The van der Waals surface area contributed by atoms with Gasteiger partial charge >= 0.3 is 0 Å². The first-order chi connectivity index (χ1) is 14.0. The first kappa shape index (κ1) is 18.7. The highest BCUT2D eigenvalue weighted by atomic mass is 19.1. The minimum Gasteiger partial charge on any atom is -0.344 e. The Bertz CT molecular complexity index is 1150. The maximum absolute atomic E-state index is 13.1. The first-order valence-electron chi connectivity index (χ1n) is 9.29. The molecule has 146 valence electrons. The normalized spacial score (nSPS) is 11.0. The van der Waals surface area contributed by atoms with Crippen LogP contribution in [0.1, 0.15) is 27.3 Å². The van der Waals surface area contributed by atoms with Crippen molar-refractivity contribution in [1.29, 1.82) is 0 Å². The fourth-order valence-electron chi connectivity index (χ4n) is 3.33. The van der Waals surface area contributed by atoms with E-state index in [2.05, 4.69) is 15.4 Å². The number of Topliss-reactive ketones (excluding diaryl/α,β-unsaturated/α-hetero) is 1. The molecule has 0 saturated heterocycles. The molecule has 0 aliphatic rings. The van der Waals surface area contributed by atoms with E-state index in [0.717, 1.165) is 22.5 Å². The number of tetrazole rings is 1. The fraction of sp³-hybridized carbons (Fsp3) is 0.182. The van der Waals surface area contributed by atoms with E-state index in [1.54, 1.807) is 12.1 Å². The van der Waals surface area contributed by atoms with Crippen molar-refractivity contribution in [2.75, 3.05) is 0 Å². The molecule has 0 bridgehead atoms. The van der Waals surface area contributed by atoms with E-state index in [0.29, 0.717) is 17.9 Å². The highest BCUT2D eigenvalue weighted by Gasteiger charge is 2.18. The number of hydrogen-bond donors (Lipinski definition) is 0. The molecule has 0 amide bonds. The summed E-state index contributed by atoms with van der Waals surface area (Å²) in [5, 5.41) is 12.4. The Morgan fingerprint density at radius 2 is 1.76 bits per heavy atom. The van der Waals surface area contributed by atoms with Gasteiger partial charge in [0.05, 0.1) is 0 Å². The third-order valence-electron chi connectivity index (χ3n) is 4.90. The van der Waals surface area contributed by atoms with Crippen LogP contribution in [0.2, 0.25) is 0 Å². The number of nitrogens with zero attached hydrogens (tertiary/aromatic N) is 5. The summed E-state index contributed by atoms with van der Waals surface area (Å²) >= 11 is 0. The summed E-state index contributed by atoms with van der Waals surface area (Å²) < 4.78 is 15.2. The number of hydrogen-bond acceptors (Lipinski definition) is 4. The van der Waals surface area contributed by atoms with Crippen LogP contribution in [-0.4, -0.2) is 30.6 Å². The molecular formula is C22H20FN5O. The highest BCUT2D eigenvalue weighted by Crippen LogP contribution is 2.19. The Kier molecular flexibility index (Phi) is 5.03. The van der Waals surface area contributed by atoms with Crippen LogP contribution in [0.5, 0.6) is 0 Å². The number of rotatable bonds is 6. The van der Waals surface area contributed by atoms with E-state index >= 15 is 0 Å². The number of halogens is 1. The van der Waals surface area contributed by atoms with Crippen molar-refractivity contribution in [1.82, 2.24) is 24.8 Å². The second-order valence-corrected chi connectivity index (χ2v) is 6.93. The molecular weight excluding hydrogens is 369 g/mol. The van der Waals surface area contributed by atoms with Gasteiger partial charge in [-0.05, 0) is 42.8 Å². The van der Waals surface area contributed by atoms with Gasteiger partial charge in [0.15, 0.2) is 5.78 Å². The minimum atomic E-state index is -0.263. The molecule has 0 spiro atoms. The van der Waals surface area contributed by atoms with Gasteiger partial charge in [0, 0.05) is 29.1 Å². The molecule has 6 nitrogen and oxygen atoms in total. The van der Waals surface area contributed by atoms with Crippen LogP contribution in [0.4, 0.5) is 4.39 Å². The van der Waals surface area contributed by atoms with Gasteiger partial charge in [0.1, 0.15) is 12.4 Å². The van der Waals surface area contributed by atoms with Crippen LogP contribution in [0.3, 0.4) is 0 Å².